The minimum atomic E-state index is -2.07. The van der Waals surface area contributed by atoms with Crippen LogP contribution in [0.5, 0.6) is 0 Å². The molecule has 1 rings (SSSR count). The van der Waals surface area contributed by atoms with E-state index in [2.05, 4.69) is 9.47 Å². The van der Waals surface area contributed by atoms with Gasteiger partial charge >= 0.3 is 6.16 Å². The average molecular weight is 226 g/mol. The predicted octanol–water partition coefficient (Wildman–Crippen LogP) is 0.515. The fraction of sp³-hybridized carbons (Fsp3) is 0.714. The molecule has 5 nitrogen and oxygen atoms in total. The monoisotopic (exact) mass is 225 g/mol. The number of ether oxygens (including phenoxy) is 2. The van der Waals surface area contributed by atoms with Crippen molar-refractivity contribution in [1.29, 1.82) is 0 Å². The molecule has 0 N–H and O–H groups in total. The summed E-state index contributed by atoms with van der Waals surface area (Å²) in [4.78, 5) is 22.5. The molecule has 1 fully saturated rings. The number of carbonyl (C=O) groups excluding carboxylic acids is 2. The highest BCUT2D eigenvalue weighted by molar-refractivity contribution is 6.29. The van der Waals surface area contributed by atoms with Gasteiger partial charge in [-0.2, -0.15) is 0 Å². The Balaban J connectivity index is 2.37. The lowest BCUT2D eigenvalue weighted by atomic mass is 10.3. The summed E-state index contributed by atoms with van der Waals surface area (Å²) in [6.45, 7) is 0.132. The molecule has 0 aromatic carbocycles. The highest BCUT2D eigenvalue weighted by Gasteiger charge is 2.29. The van der Waals surface area contributed by atoms with E-state index in [1.54, 1.807) is 0 Å². The minimum Gasteiger partial charge on any atom is -0.430 e. The summed E-state index contributed by atoms with van der Waals surface area (Å²) < 4.78 is 21.5. The van der Waals surface area contributed by atoms with E-state index in [-0.39, 0.29) is 13.2 Å². The van der Waals surface area contributed by atoms with E-state index < -0.39 is 23.8 Å². The van der Waals surface area contributed by atoms with Gasteiger partial charge in [-0.1, -0.05) is 11.6 Å². The van der Waals surface area contributed by atoms with Gasteiger partial charge in [0.05, 0.1) is 6.54 Å². The Bertz CT molecular complexity index is 248. The standard InChI is InChI=1S/C7H9ClFNO4/c1-10(6(11)5(8)9)2-4-3-13-7(12)14-4/h4-5H,2-3H2,1H3. The maximum Gasteiger partial charge on any atom is 0.508 e. The topological polar surface area (TPSA) is 55.8 Å². The summed E-state index contributed by atoms with van der Waals surface area (Å²) in [5.74, 6) is -0.866. The van der Waals surface area contributed by atoms with Gasteiger partial charge < -0.3 is 14.4 Å². The van der Waals surface area contributed by atoms with Crippen LogP contribution in [-0.4, -0.2) is 48.9 Å². The Hall–Kier alpha value is -1.04. The molecule has 0 spiro atoms. The van der Waals surface area contributed by atoms with Crippen LogP contribution in [0.1, 0.15) is 0 Å². The molecule has 0 saturated carbocycles. The summed E-state index contributed by atoms with van der Waals surface area (Å²) >= 11 is 4.94. The number of alkyl halides is 2. The molecular weight excluding hydrogens is 217 g/mol. The van der Waals surface area contributed by atoms with E-state index in [1.807, 2.05) is 0 Å². The molecule has 1 amide bonds. The SMILES string of the molecule is CN(CC1COC(=O)O1)C(=O)C(F)Cl. The van der Waals surface area contributed by atoms with E-state index in [0.717, 1.165) is 4.90 Å². The van der Waals surface area contributed by atoms with Crippen molar-refractivity contribution in [1.82, 2.24) is 4.90 Å². The van der Waals surface area contributed by atoms with Gasteiger partial charge in [0.15, 0.2) is 6.10 Å². The lowest BCUT2D eigenvalue weighted by molar-refractivity contribution is -0.133. The number of likely N-dealkylation sites (N-methyl/N-ethyl adjacent to an activating group) is 1. The second-order valence-electron chi connectivity index (χ2n) is 2.82. The normalized spacial score (nSPS) is 22.5. The molecule has 1 aliphatic heterocycles. The van der Waals surface area contributed by atoms with Crippen LogP contribution in [0.15, 0.2) is 0 Å². The number of rotatable bonds is 3. The van der Waals surface area contributed by atoms with Crippen LogP contribution < -0.4 is 0 Å². The third-order valence-electron chi connectivity index (χ3n) is 1.69. The fourth-order valence-corrected chi connectivity index (χ4v) is 1.18. The first-order valence-corrected chi connectivity index (χ1v) is 4.31. The highest BCUT2D eigenvalue weighted by Crippen LogP contribution is 2.09. The molecule has 0 aliphatic carbocycles. The molecule has 1 heterocycles. The highest BCUT2D eigenvalue weighted by atomic mass is 35.5. The van der Waals surface area contributed by atoms with Crippen molar-refractivity contribution in [3.8, 4) is 0 Å². The first kappa shape index (κ1) is 11.0. The molecule has 0 bridgehead atoms. The van der Waals surface area contributed by atoms with Crippen LogP contribution in [-0.2, 0) is 14.3 Å². The van der Waals surface area contributed by atoms with Gasteiger partial charge in [-0.3, -0.25) is 4.79 Å². The summed E-state index contributed by atoms with van der Waals surface area (Å²) in [5.41, 5.74) is -2.07. The van der Waals surface area contributed by atoms with E-state index >= 15 is 0 Å². The smallest absolute Gasteiger partial charge is 0.430 e. The third kappa shape index (κ3) is 2.73. The lowest BCUT2D eigenvalue weighted by Crippen LogP contribution is -2.38. The van der Waals surface area contributed by atoms with Crippen LogP contribution in [0.2, 0.25) is 0 Å². The van der Waals surface area contributed by atoms with E-state index in [0.29, 0.717) is 0 Å². The van der Waals surface area contributed by atoms with Crippen molar-refractivity contribution in [2.75, 3.05) is 20.2 Å². The molecule has 1 aliphatic rings. The molecular formula is C7H9ClFNO4. The largest absolute Gasteiger partial charge is 0.508 e. The molecule has 0 aromatic heterocycles. The zero-order chi connectivity index (χ0) is 10.7. The second-order valence-corrected chi connectivity index (χ2v) is 3.20. The maximum atomic E-state index is 12.3. The van der Waals surface area contributed by atoms with E-state index in [4.69, 9.17) is 11.6 Å². The third-order valence-corrected chi connectivity index (χ3v) is 1.88. The summed E-state index contributed by atoms with van der Waals surface area (Å²) in [5, 5.41) is 0. The Morgan fingerprint density at radius 1 is 1.86 bits per heavy atom. The van der Waals surface area contributed by atoms with Crippen molar-refractivity contribution in [2.45, 2.75) is 11.7 Å². The zero-order valence-electron chi connectivity index (χ0n) is 7.41. The van der Waals surface area contributed by atoms with Gasteiger partial charge in [-0.05, 0) is 0 Å². The Morgan fingerprint density at radius 3 is 2.93 bits per heavy atom. The number of halogens is 2. The number of hydrogen-bond acceptors (Lipinski definition) is 4. The van der Waals surface area contributed by atoms with Crippen LogP contribution in [0.3, 0.4) is 0 Å². The maximum absolute atomic E-state index is 12.3. The van der Waals surface area contributed by atoms with Crippen molar-refractivity contribution < 1.29 is 23.5 Å². The molecule has 7 heteroatoms. The predicted molar refractivity (Wildman–Crippen MR) is 44.6 cm³/mol. The average Bonchev–Trinajstić information content (AvgIpc) is 2.49. The molecule has 0 radical (unpaired) electrons. The summed E-state index contributed by atoms with van der Waals surface area (Å²) in [7, 11) is 1.36. The Kier molecular flexibility index (Phi) is 3.51. The fourth-order valence-electron chi connectivity index (χ4n) is 1.02. The lowest BCUT2D eigenvalue weighted by Gasteiger charge is -2.18. The van der Waals surface area contributed by atoms with Crippen molar-refractivity contribution >= 4 is 23.7 Å². The van der Waals surface area contributed by atoms with Gasteiger partial charge in [0.1, 0.15) is 6.61 Å². The molecule has 1 saturated heterocycles. The number of nitrogens with zero attached hydrogens (tertiary/aromatic N) is 1. The number of cyclic esters (lactones) is 2. The molecule has 2 unspecified atom stereocenters. The first-order chi connectivity index (χ1) is 6.50. The Morgan fingerprint density at radius 2 is 2.50 bits per heavy atom. The van der Waals surface area contributed by atoms with E-state index in [9.17, 15) is 14.0 Å². The first-order valence-electron chi connectivity index (χ1n) is 3.87. The second kappa shape index (κ2) is 4.45. The summed E-state index contributed by atoms with van der Waals surface area (Å²) in [6, 6.07) is 0. The van der Waals surface area contributed by atoms with Crippen molar-refractivity contribution in [3.63, 3.8) is 0 Å². The van der Waals surface area contributed by atoms with E-state index in [1.165, 1.54) is 7.05 Å². The Labute approximate surface area is 84.7 Å². The number of hydrogen-bond donors (Lipinski definition) is 0. The number of carbonyl (C=O) groups is 2. The van der Waals surface area contributed by atoms with Gasteiger partial charge in [0.2, 0.25) is 0 Å². The van der Waals surface area contributed by atoms with Gasteiger partial charge in [-0.25, -0.2) is 9.18 Å². The number of amides is 1. The molecule has 2 atom stereocenters. The van der Waals surface area contributed by atoms with Gasteiger partial charge in [-0.15, -0.1) is 0 Å². The molecule has 80 valence electrons. The van der Waals surface area contributed by atoms with Crippen molar-refractivity contribution in [2.24, 2.45) is 0 Å². The van der Waals surface area contributed by atoms with Crippen LogP contribution in [0.25, 0.3) is 0 Å². The van der Waals surface area contributed by atoms with Crippen LogP contribution in [0, 0.1) is 0 Å². The quantitative estimate of drug-likeness (QED) is 0.519. The van der Waals surface area contributed by atoms with Crippen molar-refractivity contribution in [3.05, 3.63) is 0 Å². The summed E-state index contributed by atoms with van der Waals surface area (Å²) in [6.07, 6.45) is -1.33. The molecule has 14 heavy (non-hydrogen) atoms. The van der Waals surface area contributed by atoms with Crippen LogP contribution in [0.4, 0.5) is 9.18 Å². The van der Waals surface area contributed by atoms with Crippen LogP contribution >= 0.6 is 11.6 Å². The minimum absolute atomic E-state index is 0.0652. The zero-order valence-corrected chi connectivity index (χ0v) is 8.16. The molecule has 0 aromatic rings. The van der Waals surface area contributed by atoms with Gasteiger partial charge in [0, 0.05) is 7.05 Å². The van der Waals surface area contributed by atoms with Gasteiger partial charge in [0.25, 0.3) is 11.5 Å².